The van der Waals surface area contributed by atoms with Crippen molar-refractivity contribution >= 4 is 50.1 Å². The highest BCUT2D eigenvalue weighted by Gasteiger charge is 2.17. The molecule has 0 saturated heterocycles. The summed E-state index contributed by atoms with van der Waals surface area (Å²) in [5.74, 6) is 0.0275. The topological polar surface area (TPSA) is 46.3 Å². The molecule has 0 aromatic heterocycles. The van der Waals surface area contributed by atoms with Crippen molar-refractivity contribution in [3.8, 4) is 0 Å². The van der Waals surface area contributed by atoms with E-state index in [4.69, 9.17) is 5.73 Å². The summed E-state index contributed by atoms with van der Waals surface area (Å²) in [6.07, 6.45) is 0. The van der Waals surface area contributed by atoms with Gasteiger partial charge in [0, 0.05) is 26.8 Å². The lowest BCUT2D eigenvalue weighted by molar-refractivity contribution is 0.0751. The third-order valence-corrected chi connectivity index (χ3v) is 4.54. The molecule has 110 valence electrons. The quantitative estimate of drug-likeness (QED) is 0.548. The number of benzene rings is 2. The summed E-state index contributed by atoms with van der Waals surface area (Å²) in [7, 11) is 0. The first-order chi connectivity index (χ1) is 10.0. The van der Waals surface area contributed by atoms with E-state index < -0.39 is 0 Å². The Hall–Kier alpha value is -1.08. The third-order valence-electron chi connectivity index (χ3n) is 3.18. The maximum atomic E-state index is 12.7. The van der Waals surface area contributed by atoms with Gasteiger partial charge in [0.1, 0.15) is 0 Å². The van der Waals surface area contributed by atoms with Gasteiger partial charge in [0.05, 0.1) is 5.56 Å². The predicted octanol–water partition coefficient (Wildman–Crippen LogP) is 4.30. The van der Waals surface area contributed by atoms with Crippen LogP contribution in [0.15, 0.2) is 46.9 Å². The summed E-state index contributed by atoms with van der Waals surface area (Å²) >= 11 is 5.67. The molecule has 5 heteroatoms. The number of halogens is 2. The van der Waals surface area contributed by atoms with Gasteiger partial charge in [0.25, 0.3) is 5.91 Å². The molecule has 21 heavy (non-hydrogen) atoms. The van der Waals surface area contributed by atoms with Gasteiger partial charge in [-0.3, -0.25) is 4.79 Å². The number of anilines is 1. The summed E-state index contributed by atoms with van der Waals surface area (Å²) in [5, 5.41) is 0. The molecule has 2 N–H and O–H groups in total. The van der Waals surface area contributed by atoms with Crippen LogP contribution in [0.4, 0.5) is 5.69 Å². The van der Waals surface area contributed by atoms with Crippen LogP contribution in [0, 0.1) is 3.57 Å². The van der Waals surface area contributed by atoms with Gasteiger partial charge in [0.15, 0.2) is 0 Å². The molecular formula is C16H16BrIN2O. The van der Waals surface area contributed by atoms with Crippen molar-refractivity contribution in [2.24, 2.45) is 0 Å². The standard InChI is InChI=1S/C16H16BrIN2O/c1-2-20(10-11-3-6-13(19)7-4-11)16(21)14-9-12(18)5-8-15(14)17/h3-9H,2,10,19H2,1H3. The van der Waals surface area contributed by atoms with Gasteiger partial charge in [-0.1, -0.05) is 12.1 Å². The highest BCUT2D eigenvalue weighted by atomic mass is 127. The average Bonchev–Trinajstić information content (AvgIpc) is 2.48. The first-order valence-electron chi connectivity index (χ1n) is 6.60. The number of carbonyl (C=O) groups is 1. The Morgan fingerprint density at radius 3 is 2.52 bits per heavy atom. The van der Waals surface area contributed by atoms with E-state index >= 15 is 0 Å². The predicted molar refractivity (Wildman–Crippen MR) is 98.1 cm³/mol. The lowest BCUT2D eigenvalue weighted by Gasteiger charge is -2.22. The molecule has 2 aromatic rings. The molecule has 1 amide bonds. The minimum atomic E-state index is 0.0275. The zero-order valence-corrected chi connectivity index (χ0v) is 15.4. The largest absolute Gasteiger partial charge is 0.399 e. The maximum Gasteiger partial charge on any atom is 0.255 e. The van der Waals surface area contributed by atoms with Crippen LogP contribution in [0.1, 0.15) is 22.8 Å². The molecule has 2 rings (SSSR count). The molecule has 0 heterocycles. The zero-order valence-electron chi connectivity index (χ0n) is 11.6. The monoisotopic (exact) mass is 458 g/mol. The lowest BCUT2D eigenvalue weighted by Crippen LogP contribution is -2.30. The van der Waals surface area contributed by atoms with Crippen molar-refractivity contribution in [3.05, 3.63) is 61.6 Å². The van der Waals surface area contributed by atoms with Crippen molar-refractivity contribution < 1.29 is 4.79 Å². The molecule has 3 nitrogen and oxygen atoms in total. The van der Waals surface area contributed by atoms with Gasteiger partial charge in [-0.15, -0.1) is 0 Å². The van der Waals surface area contributed by atoms with E-state index in [1.165, 1.54) is 0 Å². The van der Waals surface area contributed by atoms with E-state index in [1.54, 1.807) is 0 Å². The third kappa shape index (κ3) is 4.20. The van der Waals surface area contributed by atoms with E-state index in [2.05, 4.69) is 38.5 Å². The number of nitrogens with zero attached hydrogens (tertiary/aromatic N) is 1. The van der Waals surface area contributed by atoms with Crippen LogP contribution >= 0.6 is 38.5 Å². The SMILES string of the molecule is CCN(Cc1ccc(N)cc1)C(=O)c1cc(I)ccc1Br. The highest BCUT2D eigenvalue weighted by molar-refractivity contribution is 14.1. The first-order valence-corrected chi connectivity index (χ1v) is 8.47. The molecule has 0 atom stereocenters. The average molecular weight is 459 g/mol. The van der Waals surface area contributed by atoms with E-state index in [-0.39, 0.29) is 5.91 Å². The first kappa shape index (κ1) is 16.3. The van der Waals surface area contributed by atoms with E-state index in [0.29, 0.717) is 18.7 Å². The smallest absolute Gasteiger partial charge is 0.255 e. The molecule has 0 aliphatic carbocycles. The molecular weight excluding hydrogens is 443 g/mol. The van der Waals surface area contributed by atoms with E-state index in [0.717, 1.165) is 19.3 Å². The Morgan fingerprint density at radius 1 is 1.24 bits per heavy atom. The van der Waals surface area contributed by atoms with Crippen molar-refractivity contribution in [3.63, 3.8) is 0 Å². The van der Waals surface area contributed by atoms with Gasteiger partial charge in [-0.2, -0.15) is 0 Å². The molecule has 0 aliphatic heterocycles. The van der Waals surface area contributed by atoms with E-state index in [9.17, 15) is 4.79 Å². The minimum absolute atomic E-state index is 0.0275. The van der Waals surface area contributed by atoms with Gasteiger partial charge in [0.2, 0.25) is 0 Å². The Morgan fingerprint density at radius 2 is 1.90 bits per heavy atom. The lowest BCUT2D eigenvalue weighted by atomic mass is 10.1. The number of hydrogen-bond donors (Lipinski definition) is 1. The van der Waals surface area contributed by atoms with Gasteiger partial charge in [-0.25, -0.2) is 0 Å². The zero-order chi connectivity index (χ0) is 15.4. The number of nitrogen functional groups attached to an aromatic ring is 1. The molecule has 0 saturated carbocycles. The summed E-state index contributed by atoms with van der Waals surface area (Å²) in [4.78, 5) is 14.5. The van der Waals surface area contributed by atoms with Crippen LogP contribution < -0.4 is 5.73 Å². The van der Waals surface area contributed by atoms with Crippen LogP contribution in [0.5, 0.6) is 0 Å². The maximum absolute atomic E-state index is 12.7. The Balaban J connectivity index is 2.22. The van der Waals surface area contributed by atoms with Crippen molar-refractivity contribution in [1.82, 2.24) is 4.90 Å². The second-order valence-electron chi connectivity index (χ2n) is 4.69. The Kier molecular flexibility index (Phi) is 5.64. The van der Waals surface area contributed by atoms with Crippen LogP contribution in [-0.2, 0) is 6.54 Å². The number of carbonyl (C=O) groups excluding carboxylic acids is 1. The number of rotatable bonds is 4. The van der Waals surface area contributed by atoms with Crippen molar-refractivity contribution in [1.29, 1.82) is 0 Å². The molecule has 0 radical (unpaired) electrons. The fraction of sp³-hybridized carbons (Fsp3) is 0.188. The normalized spacial score (nSPS) is 10.4. The van der Waals surface area contributed by atoms with Crippen LogP contribution in [0.25, 0.3) is 0 Å². The van der Waals surface area contributed by atoms with Gasteiger partial charge in [-0.05, 0) is 81.3 Å². The molecule has 2 aromatic carbocycles. The number of amides is 1. The molecule has 0 fully saturated rings. The Bertz CT molecular complexity index is 643. The summed E-state index contributed by atoms with van der Waals surface area (Å²) in [6.45, 7) is 3.21. The second-order valence-corrected chi connectivity index (χ2v) is 6.79. The second kappa shape index (κ2) is 7.26. The van der Waals surface area contributed by atoms with Crippen LogP contribution in [0.3, 0.4) is 0 Å². The summed E-state index contributed by atoms with van der Waals surface area (Å²) in [5.41, 5.74) is 8.18. The van der Waals surface area contributed by atoms with Crippen molar-refractivity contribution in [2.75, 3.05) is 12.3 Å². The fourth-order valence-electron chi connectivity index (χ4n) is 2.00. The molecule has 0 unspecified atom stereocenters. The van der Waals surface area contributed by atoms with Crippen LogP contribution in [0.2, 0.25) is 0 Å². The molecule has 0 bridgehead atoms. The summed E-state index contributed by atoms with van der Waals surface area (Å²) in [6, 6.07) is 13.4. The molecule has 0 aliphatic rings. The Labute approximate surface area is 146 Å². The van der Waals surface area contributed by atoms with Crippen LogP contribution in [-0.4, -0.2) is 17.4 Å². The fourth-order valence-corrected chi connectivity index (χ4v) is 2.91. The number of hydrogen-bond acceptors (Lipinski definition) is 2. The van der Waals surface area contributed by atoms with Gasteiger partial charge >= 0.3 is 0 Å². The highest BCUT2D eigenvalue weighted by Crippen LogP contribution is 2.22. The number of nitrogens with two attached hydrogens (primary N) is 1. The van der Waals surface area contributed by atoms with E-state index in [1.807, 2.05) is 54.3 Å². The minimum Gasteiger partial charge on any atom is -0.399 e. The molecule has 0 spiro atoms. The van der Waals surface area contributed by atoms with Crippen molar-refractivity contribution in [2.45, 2.75) is 13.5 Å². The summed E-state index contributed by atoms with van der Waals surface area (Å²) < 4.78 is 1.87. The van der Waals surface area contributed by atoms with Gasteiger partial charge < -0.3 is 10.6 Å².